The van der Waals surface area contributed by atoms with Crippen LogP contribution in [-0.2, 0) is 4.79 Å². The molecule has 33 heavy (non-hydrogen) atoms. The Kier molecular flexibility index (Phi) is 7.11. The minimum atomic E-state index is -0.148. The number of hydrogen-bond donors (Lipinski definition) is 2. The zero-order chi connectivity index (χ0) is 23.4. The maximum Gasteiger partial charge on any atom is 0.256 e. The first-order valence-electron chi connectivity index (χ1n) is 10.6. The van der Waals surface area contributed by atoms with E-state index in [9.17, 15) is 9.59 Å². The van der Waals surface area contributed by atoms with Crippen LogP contribution in [0.3, 0.4) is 0 Å². The highest BCUT2D eigenvalue weighted by Crippen LogP contribution is 2.27. The Bertz CT molecular complexity index is 1140. The van der Waals surface area contributed by atoms with E-state index in [4.69, 9.17) is 23.2 Å². The molecule has 2 heterocycles. The molecule has 1 aliphatic rings. The van der Waals surface area contributed by atoms with Gasteiger partial charge in [-0.25, -0.2) is 9.97 Å². The first kappa shape index (κ1) is 23.0. The summed E-state index contributed by atoms with van der Waals surface area (Å²) < 4.78 is 0. The van der Waals surface area contributed by atoms with Crippen LogP contribution in [0.25, 0.3) is 11.3 Å². The summed E-state index contributed by atoms with van der Waals surface area (Å²) in [7, 11) is 0. The average molecular weight is 484 g/mol. The first-order valence-corrected chi connectivity index (χ1v) is 11.4. The summed E-state index contributed by atoms with van der Waals surface area (Å²) in [5.74, 6) is 0.279. The van der Waals surface area contributed by atoms with Crippen molar-refractivity contribution in [3.8, 4) is 11.3 Å². The molecule has 0 saturated carbocycles. The molecule has 170 valence electrons. The van der Waals surface area contributed by atoms with Gasteiger partial charge in [-0.1, -0.05) is 41.4 Å². The van der Waals surface area contributed by atoms with E-state index >= 15 is 0 Å². The maximum absolute atomic E-state index is 12.9. The molecule has 0 radical (unpaired) electrons. The van der Waals surface area contributed by atoms with Crippen LogP contribution in [0.15, 0.2) is 54.7 Å². The molecular formula is C24H23Cl2N5O2. The van der Waals surface area contributed by atoms with E-state index in [-0.39, 0.29) is 17.9 Å². The number of halogens is 2. The van der Waals surface area contributed by atoms with Crippen LogP contribution >= 0.6 is 23.2 Å². The SMILES string of the molecule is CC(=O)Nc1ccc(-c2ccnc(NC3CCN(C(=O)c4c(Cl)cccc4Cl)CC3)n2)cc1. The summed E-state index contributed by atoms with van der Waals surface area (Å²) in [6.07, 6.45) is 3.23. The van der Waals surface area contributed by atoms with Crippen LogP contribution in [0.2, 0.25) is 10.0 Å². The Morgan fingerprint density at radius 3 is 2.30 bits per heavy atom. The van der Waals surface area contributed by atoms with Crippen molar-refractivity contribution < 1.29 is 9.59 Å². The Labute approximate surface area is 202 Å². The Morgan fingerprint density at radius 1 is 1.00 bits per heavy atom. The van der Waals surface area contributed by atoms with Crippen molar-refractivity contribution in [2.45, 2.75) is 25.8 Å². The fourth-order valence-electron chi connectivity index (χ4n) is 3.79. The summed E-state index contributed by atoms with van der Waals surface area (Å²) >= 11 is 12.4. The molecule has 0 spiro atoms. The van der Waals surface area contributed by atoms with Crippen molar-refractivity contribution in [2.24, 2.45) is 0 Å². The van der Waals surface area contributed by atoms with Crippen molar-refractivity contribution in [2.75, 3.05) is 23.7 Å². The van der Waals surface area contributed by atoms with E-state index in [0.717, 1.165) is 29.8 Å². The number of piperidine rings is 1. The molecule has 7 nitrogen and oxygen atoms in total. The Balaban J connectivity index is 1.37. The number of carbonyl (C=O) groups excluding carboxylic acids is 2. The van der Waals surface area contributed by atoms with Crippen LogP contribution in [0.5, 0.6) is 0 Å². The molecule has 9 heteroatoms. The molecule has 4 rings (SSSR count). The predicted molar refractivity (Wildman–Crippen MR) is 131 cm³/mol. The zero-order valence-electron chi connectivity index (χ0n) is 18.0. The second kappa shape index (κ2) is 10.2. The van der Waals surface area contributed by atoms with E-state index < -0.39 is 0 Å². The van der Waals surface area contributed by atoms with Crippen LogP contribution < -0.4 is 10.6 Å². The molecule has 1 aromatic heterocycles. The van der Waals surface area contributed by atoms with E-state index in [1.165, 1.54) is 6.92 Å². The molecular weight excluding hydrogens is 461 g/mol. The first-order chi connectivity index (χ1) is 15.9. The number of nitrogens with zero attached hydrogens (tertiary/aromatic N) is 3. The second-order valence-corrected chi connectivity index (χ2v) is 8.65. The van der Waals surface area contributed by atoms with Crippen molar-refractivity contribution in [3.05, 3.63) is 70.3 Å². The number of nitrogens with one attached hydrogen (secondary N) is 2. The number of aromatic nitrogens is 2. The third kappa shape index (κ3) is 5.61. The lowest BCUT2D eigenvalue weighted by Crippen LogP contribution is -2.42. The summed E-state index contributed by atoms with van der Waals surface area (Å²) in [5.41, 5.74) is 2.79. The lowest BCUT2D eigenvalue weighted by molar-refractivity contribution is -0.114. The van der Waals surface area contributed by atoms with Crippen molar-refractivity contribution >= 4 is 46.7 Å². The van der Waals surface area contributed by atoms with Crippen LogP contribution in [-0.4, -0.2) is 45.8 Å². The van der Waals surface area contributed by atoms with E-state index in [1.54, 1.807) is 29.3 Å². The normalized spacial score (nSPS) is 14.1. The van der Waals surface area contributed by atoms with E-state index in [2.05, 4.69) is 20.6 Å². The molecule has 2 N–H and O–H groups in total. The molecule has 3 aromatic rings. The van der Waals surface area contributed by atoms with Gasteiger partial charge in [-0.3, -0.25) is 9.59 Å². The number of anilines is 2. The van der Waals surface area contributed by atoms with E-state index in [1.807, 2.05) is 30.3 Å². The standard InChI is InChI=1S/C24H23Cl2N5O2/c1-15(32)28-17-7-5-16(6-8-17)21-9-12-27-24(30-21)29-18-10-13-31(14-11-18)23(33)22-19(25)3-2-4-20(22)26/h2-9,12,18H,10-11,13-14H2,1H3,(H,28,32)(H,27,29,30). The van der Waals surface area contributed by atoms with Crippen molar-refractivity contribution in [1.82, 2.24) is 14.9 Å². The quantitative estimate of drug-likeness (QED) is 0.525. The number of benzene rings is 2. The molecule has 1 saturated heterocycles. The number of carbonyl (C=O) groups is 2. The van der Waals surface area contributed by atoms with Gasteiger partial charge < -0.3 is 15.5 Å². The van der Waals surface area contributed by atoms with Gasteiger partial charge in [0, 0.05) is 43.5 Å². The topological polar surface area (TPSA) is 87.2 Å². The summed E-state index contributed by atoms with van der Waals surface area (Å²) in [4.78, 5) is 34.8. The fourth-order valence-corrected chi connectivity index (χ4v) is 4.35. The van der Waals surface area contributed by atoms with Crippen molar-refractivity contribution in [3.63, 3.8) is 0 Å². The zero-order valence-corrected chi connectivity index (χ0v) is 19.5. The maximum atomic E-state index is 12.9. The van der Waals surface area contributed by atoms with Gasteiger partial charge in [0.05, 0.1) is 21.3 Å². The van der Waals surface area contributed by atoms with Gasteiger partial charge in [0.2, 0.25) is 11.9 Å². The van der Waals surface area contributed by atoms with Crippen molar-refractivity contribution in [1.29, 1.82) is 0 Å². The van der Waals surface area contributed by atoms with Crippen LogP contribution in [0, 0.1) is 0 Å². The van der Waals surface area contributed by atoms with Gasteiger partial charge >= 0.3 is 0 Å². The molecule has 1 fully saturated rings. The highest BCUT2D eigenvalue weighted by molar-refractivity contribution is 6.39. The lowest BCUT2D eigenvalue weighted by Gasteiger charge is -2.32. The van der Waals surface area contributed by atoms with Gasteiger partial charge in [0.15, 0.2) is 0 Å². The molecule has 0 atom stereocenters. The smallest absolute Gasteiger partial charge is 0.256 e. The van der Waals surface area contributed by atoms with Gasteiger partial charge in [-0.2, -0.15) is 0 Å². The lowest BCUT2D eigenvalue weighted by atomic mass is 10.0. The fraction of sp³-hybridized carbons (Fsp3) is 0.250. The molecule has 1 aliphatic heterocycles. The van der Waals surface area contributed by atoms with Gasteiger partial charge in [0.25, 0.3) is 5.91 Å². The molecule has 0 unspecified atom stereocenters. The Morgan fingerprint density at radius 2 is 1.67 bits per heavy atom. The second-order valence-electron chi connectivity index (χ2n) is 7.83. The highest BCUT2D eigenvalue weighted by Gasteiger charge is 2.26. The highest BCUT2D eigenvalue weighted by atomic mass is 35.5. The summed E-state index contributed by atoms with van der Waals surface area (Å²) in [6, 6.07) is 14.5. The average Bonchev–Trinajstić information content (AvgIpc) is 2.80. The minimum absolute atomic E-state index is 0.112. The third-order valence-corrected chi connectivity index (χ3v) is 6.08. The number of rotatable bonds is 5. The summed E-state index contributed by atoms with van der Waals surface area (Å²) in [5, 5.41) is 6.86. The van der Waals surface area contributed by atoms with Crippen LogP contribution in [0.1, 0.15) is 30.1 Å². The van der Waals surface area contributed by atoms with Gasteiger partial charge in [-0.15, -0.1) is 0 Å². The van der Waals surface area contributed by atoms with Gasteiger partial charge in [0.1, 0.15) is 0 Å². The van der Waals surface area contributed by atoms with Gasteiger partial charge in [-0.05, 0) is 43.2 Å². The summed E-state index contributed by atoms with van der Waals surface area (Å²) in [6.45, 7) is 2.65. The molecule has 2 amide bonds. The number of likely N-dealkylation sites (tertiary alicyclic amines) is 1. The third-order valence-electron chi connectivity index (χ3n) is 5.45. The monoisotopic (exact) mass is 483 g/mol. The molecule has 0 aliphatic carbocycles. The predicted octanol–water partition coefficient (Wildman–Crippen LogP) is 5.13. The Hall–Kier alpha value is -3.16. The molecule has 0 bridgehead atoms. The van der Waals surface area contributed by atoms with Crippen LogP contribution in [0.4, 0.5) is 11.6 Å². The molecule has 2 aromatic carbocycles. The number of hydrogen-bond acceptors (Lipinski definition) is 5. The number of amides is 2. The minimum Gasteiger partial charge on any atom is -0.351 e. The largest absolute Gasteiger partial charge is 0.351 e. The van der Waals surface area contributed by atoms with E-state index in [0.29, 0.717) is 34.6 Å².